The second-order valence-electron chi connectivity index (χ2n) is 7.92. The highest BCUT2D eigenvalue weighted by atomic mass is 16.7. The Morgan fingerprint density at radius 3 is 1.86 bits per heavy atom. The smallest absolute Gasteiger partial charge is 0.466 e. The number of esters is 1. The molecule has 7 heteroatoms. The molecule has 156 valence electrons. The number of methoxy groups -OCH3 is 1. The van der Waals surface area contributed by atoms with Crippen LogP contribution in [0.2, 0.25) is 0 Å². The molecule has 1 aliphatic rings. The van der Waals surface area contributed by atoms with Gasteiger partial charge in [-0.15, -0.1) is 0 Å². The van der Waals surface area contributed by atoms with Gasteiger partial charge in [-0.3, -0.25) is 4.79 Å². The molecule has 1 aromatic carbocycles. The molecule has 0 radical (unpaired) electrons. The standard InChI is InChI=1S/C21H33BO6/c1-8-25-19(26-9-2)16-12-10-15(11-13-16)17(14-18(23)24-7)22-27-20(3,4)21(5,6)28-22/h10-13,17,19H,8-9,14H2,1-7H3. The van der Waals surface area contributed by atoms with Crippen molar-refractivity contribution in [3.63, 3.8) is 0 Å². The van der Waals surface area contributed by atoms with Crippen LogP contribution in [0, 0.1) is 0 Å². The van der Waals surface area contributed by atoms with Gasteiger partial charge in [0.05, 0.1) is 24.7 Å². The minimum absolute atomic E-state index is 0.174. The summed E-state index contributed by atoms with van der Waals surface area (Å²) in [5.41, 5.74) is 0.930. The van der Waals surface area contributed by atoms with Gasteiger partial charge >= 0.3 is 13.1 Å². The Bertz CT molecular complexity index is 621. The molecule has 0 N–H and O–H groups in total. The van der Waals surface area contributed by atoms with Crippen molar-refractivity contribution in [2.75, 3.05) is 20.3 Å². The summed E-state index contributed by atoms with van der Waals surface area (Å²) in [6, 6.07) is 7.86. The summed E-state index contributed by atoms with van der Waals surface area (Å²) in [5, 5.41) is 0. The maximum atomic E-state index is 12.0. The fraction of sp³-hybridized carbons (Fsp3) is 0.667. The predicted molar refractivity (Wildman–Crippen MR) is 108 cm³/mol. The second kappa shape index (κ2) is 9.40. The molecule has 0 bridgehead atoms. The van der Waals surface area contributed by atoms with E-state index in [1.807, 2.05) is 65.8 Å². The number of benzene rings is 1. The molecule has 28 heavy (non-hydrogen) atoms. The third-order valence-corrected chi connectivity index (χ3v) is 5.49. The van der Waals surface area contributed by atoms with Gasteiger partial charge in [0.15, 0.2) is 6.29 Å². The first-order valence-electron chi connectivity index (χ1n) is 9.90. The molecular weight excluding hydrogens is 359 g/mol. The Morgan fingerprint density at radius 2 is 1.43 bits per heavy atom. The zero-order valence-electron chi connectivity index (χ0n) is 18.1. The average Bonchev–Trinajstić information content (AvgIpc) is 2.86. The molecule has 1 fully saturated rings. The van der Waals surface area contributed by atoms with Crippen LogP contribution in [0.3, 0.4) is 0 Å². The molecule has 2 rings (SSSR count). The molecule has 1 heterocycles. The van der Waals surface area contributed by atoms with Crippen molar-refractivity contribution in [1.29, 1.82) is 0 Å². The fourth-order valence-electron chi connectivity index (χ4n) is 3.13. The molecule has 1 aromatic rings. The van der Waals surface area contributed by atoms with Crippen LogP contribution in [0.4, 0.5) is 0 Å². The lowest BCUT2D eigenvalue weighted by molar-refractivity contribution is -0.141. The van der Waals surface area contributed by atoms with Crippen LogP contribution in [0.15, 0.2) is 24.3 Å². The van der Waals surface area contributed by atoms with E-state index in [2.05, 4.69) is 0 Å². The number of hydrogen-bond acceptors (Lipinski definition) is 6. The van der Waals surface area contributed by atoms with E-state index in [9.17, 15) is 4.79 Å². The van der Waals surface area contributed by atoms with Crippen LogP contribution in [0.5, 0.6) is 0 Å². The Hall–Kier alpha value is -1.41. The van der Waals surface area contributed by atoms with E-state index in [1.165, 1.54) is 7.11 Å². The highest BCUT2D eigenvalue weighted by Gasteiger charge is 2.54. The van der Waals surface area contributed by atoms with Gasteiger partial charge in [0, 0.05) is 24.6 Å². The van der Waals surface area contributed by atoms with Gasteiger partial charge in [-0.05, 0) is 47.1 Å². The van der Waals surface area contributed by atoms with Crippen LogP contribution in [-0.2, 0) is 28.3 Å². The number of rotatable bonds is 9. The normalized spacial score (nSPS) is 19.1. The zero-order valence-corrected chi connectivity index (χ0v) is 18.1. The maximum Gasteiger partial charge on any atom is 0.466 e. The van der Waals surface area contributed by atoms with Gasteiger partial charge in [-0.1, -0.05) is 24.3 Å². The van der Waals surface area contributed by atoms with Crippen molar-refractivity contribution in [3.8, 4) is 0 Å². The molecule has 1 saturated heterocycles. The summed E-state index contributed by atoms with van der Waals surface area (Å²) in [7, 11) is 0.853. The minimum atomic E-state index is -0.537. The largest absolute Gasteiger partial charge is 0.469 e. The third kappa shape index (κ3) is 5.14. The Labute approximate surface area is 169 Å². The summed E-state index contributed by atoms with van der Waals surface area (Å²) >= 11 is 0. The first-order valence-corrected chi connectivity index (χ1v) is 9.90. The van der Waals surface area contributed by atoms with Gasteiger partial charge < -0.3 is 23.5 Å². The van der Waals surface area contributed by atoms with Crippen LogP contribution in [-0.4, -0.2) is 44.6 Å². The van der Waals surface area contributed by atoms with Crippen molar-refractivity contribution >= 4 is 13.1 Å². The van der Waals surface area contributed by atoms with Gasteiger partial charge in [0.25, 0.3) is 0 Å². The van der Waals surface area contributed by atoms with Crippen LogP contribution in [0.1, 0.15) is 71.2 Å². The summed E-state index contributed by atoms with van der Waals surface area (Å²) in [6.45, 7) is 13.0. The Morgan fingerprint density at radius 1 is 0.964 bits per heavy atom. The number of hydrogen-bond donors (Lipinski definition) is 0. The van der Waals surface area contributed by atoms with E-state index in [0.717, 1.165) is 11.1 Å². The van der Waals surface area contributed by atoms with Crippen molar-refractivity contribution in [1.82, 2.24) is 0 Å². The van der Waals surface area contributed by atoms with Gasteiger partial charge in [0.2, 0.25) is 0 Å². The number of carbonyl (C=O) groups is 1. The zero-order chi connectivity index (χ0) is 20.9. The molecular formula is C21H33BO6. The maximum absolute atomic E-state index is 12.0. The van der Waals surface area contributed by atoms with E-state index in [4.69, 9.17) is 23.5 Å². The minimum Gasteiger partial charge on any atom is -0.469 e. The molecule has 0 saturated carbocycles. The van der Waals surface area contributed by atoms with Gasteiger partial charge in [-0.2, -0.15) is 0 Å². The topological polar surface area (TPSA) is 63.2 Å². The highest BCUT2D eigenvalue weighted by Crippen LogP contribution is 2.42. The Kier molecular flexibility index (Phi) is 7.68. The summed E-state index contributed by atoms with van der Waals surface area (Å²) < 4.78 is 28.6. The van der Waals surface area contributed by atoms with E-state index < -0.39 is 24.6 Å². The quantitative estimate of drug-likeness (QED) is 0.359. The molecule has 0 aromatic heterocycles. The first-order chi connectivity index (χ1) is 13.1. The van der Waals surface area contributed by atoms with Gasteiger partial charge in [-0.25, -0.2) is 0 Å². The lowest BCUT2D eigenvalue weighted by atomic mass is 9.66. The van der Waals surface area contributed by atoms with Crippen molar-refractivity contribution in [2.24, 2.45) is 0 Å². The van der Waals surface area contributed by atoms with Crippen LogP contribution in [0.25, 0.3) is 0 Å². The van der Waals surface area contributed by atoms with Crippen LogP contribution < -0.4 is 0 Å². The molecule has 1 atom stereocenters. The van der Waals surface area contributed by atoms with Crippen molar-refractivity contribution in [3.05, 3.63) is 35.4 Å². The molecule has 0 amide bonds. The van der Waals surface area contributed by atoms with E-state index in [0.29, 0.717) is 13.2 Å². The van der Waals surface area contributed by atoms with Crippen molar-refractivity contribution in [2.45, 2.75) is 71.3 Å². The molecule has 6 nitrogen and oxygen atoms in total. The number of carbonyl (C=O) groups excluding carboxylic acids is 1. The third-order valence-electron chi connectivity index (χ3n) is 5.49. The van der Waals surface area contributed by atoms with Gasteiger partial charge in [0.1, 0.15) is 0 Å². The molecule has 0 aliphatic carbocycles. The lowest BCUT2D eigenvalue weighted by Gasteiger charge is -2.32. The Balaban J connectivity index is 2.28. The summed E-state index contributed by atoms with van der Waals surface area (Å²) in [5.74, 6) is -0.578. The molecule has 0 spiro atoms. The monoisotopic (exact) mass is 392 g/mol. The van der Waals surface area contributed by atoms with Crippen LogP contribution >= 0.6 is 0 Å². The predicted octanol–water partition coefficient (Wildman–Crippen LogP) is 4.04. The molecule has 1 aliphatic heterocycles. The first kappa shape index (κ1) is 22.9. The second-order valence-corrected chi connectivity index (χ2v) is 7.92. The van der Waals surface area contributed by atoms with E-state index in [-0.39, 0.29) is 18.2 Å². The summed E-state index contributed by atoms with van der Waals surface area (Å²) in [4.78, 5) is 12.0. The number of ether oxygens (including phenoxy) is 3. The highest BCUT2D eigenvalue weighted by molar-refractivity contribution is 6.48. The summed E-state index contributed by atoms with van der Waals surface area (Å²) in [6.07, 6.45) is -0.229. The lowest BCUT2D eigenvalue weighted by Crippen LogP contribution is -2.41. The average molecular weight is 392 g/mol. The SMILES string of the molecule is CCOC(OCC)c1ccc(C(CC(=O)OC)B2OC(C)(C)C(C)(C)O2)cc1. The van der Waals surface area contributed by atoms with E-state index >= 15 is 0 Å². The molecule has 1 unspecified atom stereocenters. The fourth-order valence-corrected chi connectivity index (χ4v) is 3.13. The van der Waals surface area contributed by atoms with Crippen molar-refractivity contribution < 1.29 is 28.3 Å². The van der Waals surface area contributed by atoms with E-state index in [1.54, 1.807) is 0 Å².